The molecule has 1 aliphatic rings. The van der Waals surface area contributed by atoms with Gasteiger partial charge in [0.15, 0.2) is 0 Å². The van der Waals surface area contributed by atoms with Gasteiger partial charge in [-0.1, -0.05) is 34.1 Å². The Morgan fingerprint density at radius 2 is 2.32 bits per heavy atom. The van der Waals surface area contributed by atoms with Crippen LogP contribution in [0.3, 0.4) is 0 Å². The minimum Gasteiger partial charge on any atom is -0.465 e. The molecule has 1 N–H and O–H groups in total. The van der Waals surface area contributed by atoms with Crippen molar-refractivity contribution in [1.82, 2.24) is 10.2 Å². The van der Waals surface area contributed by atoms with E-state index in [2.05, 4.69) is 32.2 Å². The normalized spacial score (nSPS) is 20.2. The summed E-state index contributed by atoms with van der Waals surface area (Å²) < 4.78 is 6.23. The van der Waals surface area contributed by atoms with Gasteiger partial charge in [-0.3, -0.25) is 9.69 Å². The van der Waals surface area contributed by atoms with E-state index in [0.717, 1.165) is 24.1 Å². The summed E-state index contributed by atoms with van der Waals surface area (Å²) in [7, 11) is 0. The Balaban J connectivity index is 2.07. The van der Waals surface area contributed by atoms with Gasteiger partial charge in [-0.15, -0.1) is 0 Å². The van der Waals surface area contributed by atoms with Crippen LogP contribution in [-0.4, -0.2) is 43.2 Å². The van der Waals surface area contributed by atoms with E-state index in [9.17, 15) is 4.79 Å². The van der Waals surface area contributed by atoms with Crippen molar-refractivity contribution in [2.75, 3.05) is 26.2 Å². The largest absolute Gasteiger partial charge is 0.465 e. The van der Waals surface area contributed by atoms with Gasteiger partial charge in [0, 0.05) is 30.7 Å². The van der Waals surface area contributed by atoms with Crippen LogP contribution in [0.1, 0.15) is 12.5 Å². The zero-order valence-electron chi connectivity index (χ0n) is 11.1. The smallest absolute Gasteiger partial charge is 0.324 e. The fourth-order valence-corrected chi connectivity index (χ4v) is 2.66. The molecule has 1 aromatic rings. The number of hydrogen-bond donors (Lipinski definition) is 1. The molecule has 1 fully saturated rings. The first-order valence-electron chi connectivity index (χ1n) is 6.57. The van der Waals surface area contributed by atoms with Gasteiger partial charge in [-0.2, -0.15) is 0 Å². The molecule has 1 heterocycles. The molecule has 1 aliphatic heterocycles. The molecule has 1 aromatic carbocycles. The number of nitrogens with zero attached hydrogens (tertiary/aromatic N) is 1. The lowest BCUT2D eigenvalue weighted by Gasteiger charge is -2.34. The summed E-state index contributed by atoms with van der Waals surface area (Å²) in [6.45, 7) is 5.44. The van der Waals surface area contributed by atoms with Crippen LogP contribution >= 0.6 is 15.9 Å². The fraction of sp³-hybridized carbons (Fsp3) is 0.500. The molecule has 0 aliphatic carbocycles. The lowest BCUT2D eigenvalue weighted by atomic mass is 10.1. The third-order valence-corrected chi connectivity index (χ3v) is 4.02. The van der Waals surface area contributed by atoms with Gasteiger partial charge in [0.2, 0.25) is 0 Å². The van der Waals surface area contributed by atoms with E-state index >= 15 is 0 Å². The number of carbonyl (C=O) groups excluding carboxylic acids is 1. The molecule has 1 saturated heterocycles. The highest BCUT2D eigenvalue weighted by molar-refractivity contribution is 9.10. The van der Waals surface area contributed by atoms with Gasteiger partial charge in [0.1, 0.15) is 6.04 Å². The lowest BCUT2D eigenvalue weighted by molar-refractivity contribution is -0.150. The highest BCUT2D eigenvalue weighted by Gasteiger charge is 2.29. The molecule has 0 amide bonds. The van der Waals surface area contributed by atoms with Crippen LogP contribution < -0.4 is 5.32 Å². The minimum absolute atomic E-state index is 0.137. The number of esters is 1. The maximum absolute atomic E-state index is 12.0. The summed E-state index contributed by atoms with van der Waals surface area (Å²) in [6.07, 6.45) is 0. The molecule has 19 heavy (non-hydrogen) atoms. The Morgan fingerprint density at radius 3 is 3.05 bits per heavy atom. The molecule has 2 rings (SSSR count). The van der Waals surface area contributed by atoms with Crippen LogP contribution in [0.2, 0.25) is 0 Å². The van der Waals surface area contributed by atoms with Crippen LogP contribution in [0, 0.1) is 0 Å². The topological polar surface area (TPSA) is 41.6 Å². The molecule has 4 nitrogen and oxygen atoms in total. The Bertz CT molecular complexity index is 439. The maximum atomic E-state index is 12.0. The number of rotatable bonds is 4. The average molecular weight is 327 g/mol. The molecule has 0 aromatic heterocycles. The van der Waals surface area contributed by atoms with Gasteiger partial charge in [-0.25, -0.2) is 0 Å². The summed E-state index contributed by atoms with van der Waals surface area (Å²) in [5, 5.41) is 3.25. The van der Waals surface area contributed by atoms with Gasteiger partial charge < -0.3 is 10.1 Å². The second kappa shape index (κ2) is 7.03. The van der Waals surface area contributed by atoms with Crippen molar-refractivity contribution < 1.29 is 9.53 Å². The summed E-state index contributed by atoms with van der Waals surface area (Å²) in [4.78, 5) is 14.1. The average Bonchev–Trinajstić information content (AvgIpc) is 2.42. The second-order valence-electron chi connectivity index (χ2n) is 4.53. The van der Waals surface area contributed by atoms with Gasteiger partial charge in [0.05, 0.1) is 6.61 Å². The van der Waals surface area contributed by atoms with Crippen molar-refractivity contribution in [3.8, 4) is 0 Å². The molecule has 0 radical (unpaired) electrons. The van der Waals surface area contributed by atoms with Gasteiger partial charge in [-0.05, 0) is 18.6 Å². The van der Waals surface area contributed by atoms with Crippen LogP contribution in [0.15, 0.2) is 28.7 Å². The SMILES string of the molecule is CCOC(=O)C1CNCCN1Cc1ccccc1Br. The van der Waals surface area contributed by atoms with Crippen molar-refractivity contribution in [3.05, 3.63) is 34.3 Å². The quantitative estimate of drug-likeness (QED) is 0.856. The third-order valence-electron chi connectivity index (χ3n) is 3.24. The Hall–Kier alpha value is -0.910. The molecular formula is C14H19BrN2O2. The van der Waals surface area contributed by atoms with E-state index in [1.165, 1.54) is 5.56 Å². The number of benzene rings is 1. The Kier molecular flexibility index (Phi) is 5.36. The highest BCUT2D eigenvalue weighted by Crippen LogP contribution is 2.19. The van der Waals surface area contributed by atoms with Crippen LogP contribution in [0.5, 0.6) is 0 Å². The third kappa shape index (κ3) is 3.78. The number of piperazine rings is 1. The molecule has 1 atom stereocenters. The number of ether oxygens (including phenoxy) is 1. The molecule has 0 saturated carbocycles. The summed E-state index contributed by atoms with van der Waals surface area (Å²) >= 11 is 3.55. The Labute approximate surface area is 122 Å². The van der Waals surface area contributed by atoms with Crippen molar-refractivity contribution >= 4 is 21.9 Å². The Morgan fingerprint density at radius 1 is 1.53 bits per heavy atom. The van der Waals surface area contributed by atoms with Crippen molar-refractivity contribution in [2.45, 2.75) is 19.5 Å². The summed E-state index contributed by atoms with van der Waals surface area (Å²) in [6, 6.07) is 7.92. The van der Waals surface area contributed by atoms with Crippen molar-refractivity contribution in [1.29, 1.82) is 0 Å². The number of halogens is 1. The van der Waals surface area contributed by atoms with Gasteiger partial charge in [0.25, 0.3) is 0 Å². The lowest BCUT2D eigenvalue weighted by Crippen LogP contribution is -2.54. The molecular weight excluding hydrogens is 308 g/mol. The maximum Gasteiger partial charge on any atom is 0.324 e. The first kappa shape index (κ1) is 14.5. The molecule has 1 unspecified atom stereocenters. The van der Waals surface area contributed by atoms with Crippen molar-refractivity contribution in [2.24, 2.45) is 0 Å². The van der Waals surface area contributed by atoms with E-state index < -0.39 is 0 Å². The molecule has 5 heteroatoms. The van der Waals surface area contributed by atoms with E-state index in [1.54, 1.807) is 0 Å². The molecule has 0 spiro atoms. The van der Waals surface area contributed by atoms with Crippen LogP contribution in [0.25, 0.3) is 0 Å². The fourth-order valence-electron chi connectivity index (χ4n) is 2.25. The van der Waals surface area contributed by atoms with E-state index in [1.807, 2.05) is 25.1 Å². The molecule has 0 bridgehead atoms. The predicted molar refractivity (Wildman–Crippen MR) is 77.8 cm³/mol. The summed E-state index contributed by atoms with van der Waals surface area (Å²) in [5.41, 5.74) is 1.19. The summed E-state index contributed by atoms with van der Waals surface area (Å²) in [5.74, 6) is -0.137. The van der Waals surface area contributed by atoms with Crippen LogP contribution in [0.4, 0.5) is 0 Å². The minimum atomic E-state index is -0.194. The first-order chi connectivity index (χ1) is 9.22. The van der Waals surface area contributed by atoms with Gasteiger partial charge >= 0.3 is 5.97 Å². The standard InChI is InChI=1S/C14H19BrN2O2/c1-2-19-14(18)13-9-16-7-8-17(13)10-11-5-3-4-6-12(11)15/h3-6,13,16H,2,7-10H2,1H3. The zero-order valence-corrected chi connectivity index (χ0v) is 12.6. The number of carbonyl (C=O) groups is 1. The van der Waals surface area contributed by atoms with E-state index in [-0.39, 0.29) is 12.0 Å². The second-order valence-corrected chi connectivity index (χ2v) is 5.39. The predicted octanol–water partition coefficient (Wildman–Crippen LogP) is 1.79. The number of nitrogens with one attached hydrogen (secondary N) is 1. The zero-order chi connectivity index (χ0) is 13.7. The van der Waals surface area contributed by atoms with Crippen LogP contribution in [-0.2, 0) is 16.1 Å². The number of hydrogen-bond acceptors (Lipinski definition) is 4. The monoisotopic (exact) mass is 326 g/mol. The highest BCUT2D eigenvalue weighted by atomic mass is 79.9. The van der Waals surface area contributed by atoms with Crippen molar-refractivity contribution in [3.63, 3.8) is 0 Å². The molecule has 104 valence electrons. The van der Waals surface area contributed by atoms with E-state index in [0.29, 0.717) is 13.2 Å². The first-order valence-corrected chi connectivity index (χ1v) is 7.36. The van der Waals surface area contributed by atoms with E-state index in [4.69, 9.17) is 4.74 Å².